The highest BCUT2D eigenvalue weighted by molar-refractivity contribution is 6.31. The Balaban J connectivity index is 2.97. The number of benzene rings is 1. The third-order valence-electron chi connectivity index (χ3n) is 2.08. The van der Waals surface area contributed by atoms with Gasteiger partial charge in [-0.15, -0.1) is 0 Å². The summed E-state index contributed by atoms with van der Waals surface area (Å²) in [6.45, 7) is 4.79. The van der Waals surface area contributed by atoms with Crippen LogP contribution in [0.15, 0.2) is 23.2 Å². The van der Waals surface area contributed by atoms with Crippen molar-refractivity contribution in [2.75, 3.05) is 6.54 Å². The maximum Gasteiger partial charge on any atom is 0.142 e. The third kappa shape index (κ3) is 3.22. The van der Waals surface area contributed by atoms with Gasteiger partial charge in [-0.25, -0.2) is 5.84 Å². The van der Waals surface area contributed by atoms with Crippen molar-refractivity contribution in [3.05, 3.63) is 34.3 Å². The largest absolute Gasteiger partial charge is 0.308 e. The highest BCUT2D eigenvalue weighted by atomic mass is 35.5. The summed E-state index contributed by atoms with van der Waals surface area (Å²) in [4.78, 5) is 4.32. The number of aliphatic imine (C=N–C) groups is 1. The molecule has 4 heteroatoms. The van der Waals surface area contributed by atoms with E-state index >= 15 is 0 Å². The lowest BCUT2D eigenvalue weighted by atomic mass is 10.1. The third-order valence-corrected chi connectivity index (χ3v) is 2.48. The van der Waals surface area contributed by atoms with E-state index in [1.165, 1.54) is 0 Å². The molecule has 0 radical (unpaired) electrons. The molecule has 0 saturated heterocycles. The normalized spacial score (nSPS) is 11.6. The predicted octanol–water partition coefficient (Wildman–Crippen LogP) is 2.27. The lowest BCUT2D eigenvalue weighted by Gasteiger charge is -2.07. The van der Waals surface area contributed by atoms with Crippen LogP contribution in [0, 0.1) is 6.92 Å². The Hall–Kier alpha value is -1.06. The van der Waals surface area contributed by atoms with Gasteiger partial charge < -0.3 is 5.43 Å². The molecule has 1 aromatic rings. The van der Waals surface area contributed by atoms with Crippen molar-refractivity contribution in [2.24, 2.45) is 10.8 Å². The number of hydrogen-bond donors (Lipinski definition) is 2. The zero-order valence-corrected chi connectivity index (χ0v) is 9.80. The van der Waals surface area contributed by atoms with Gasteiger partial charge in [-0.3, -0.25) is 4.99 Å². The van der Waals surface area contributed by atoms with Crippen LogP contribution < -0.4 is 11.3 Å². The molecule has 0 bridgehead atoms. The Bertz CT molecular complexity index is 361. The Kier molecular flexibility index (Phi) is 4.59. The smallest absolute Gasteiger partial charge is 0.142 e. The molecule has 0 aromatic heterocycles. The van der Waals surface area contributed by atoms with Gasteiger partial charge in [0.2, 0.25) is 0 Å². The molecule has 1 rings (SSSR count). The number of nitrogens with one attached hydrogen (secondary N) is 1. The van der Waals surface area contributed by atoms with Gasteiger partial charge in [0.1, 0.15) is 5.84 Å². The SMILES string of the molecule is CCCN=C(NN)c1ccc(C)c(Cl)c1. The van der Waals surface area contributed by atoms with Crippen LogP contribution in [-0.4, -0.2) is 12.4 Å². The molecule has 0 aliphatic carbocycles. The summed E-state index contributed by atoms with van der Waals surface area (Å²) in [6, 6.07) is 5.78. The van der Waals surface area contributed by atoms with E-state index in [-0.39, 0.29) is 0 Å². The van der Waals surface area contributed by atoms with Crippen LogP contribution in [0.1, 0.15) is 24.5 Å². The van der Waals surface area contributed by atoms with E-state index in [0.29, 0.717) is 5.84 Å². The van der Waals surface area contributed by atoms with Crippen LogP contribution in [0.4, 0.5) is 0 Å². The predicted molar refractivity (Wildman–Crippen MR) is 65.2 cm³/mol. The van der Waals surface area contributed by atoms with Gasteiger partial charge >= 0.3 is 0 Å². The second-order valence-electron chi connectivity index (χ2n) is 3.34. The van der Waals surface area contributed by atoms with Crippen molar-refractivity contribution >= 4 is 17.4 Å². The first-order valence-corrected chi connectivity index (χ1v) is 5.34. The van der Waals surface area contributed by atoms with Gasteiger partial charge in [0.15, 0.2) is 0 Å². The van der Waals surface area contributed by atoms with Gasteiger partial charge in [-0.2, -0.15) is 0 Å². The van der Waals surface area contributed by atoms with Crippen molar-refractivity contribution in [1.29, 1.82) is 0 Å². The van der Waals surface area contributed by atoms with Crippen LogP contribution in [0.5, 0.6) is 0 Å². The maximum absolute atomic E-state index is 6.03. The van der Waals surface area contributed by atoms with E-state index in [1.807, 2.05) is 25.1 Å². The molecule has 0 amide bonds. The maximum atomic E-state index is 6.03. The highest BCUT2D eigenvalue weighted by Crippen LogP contribution is 2.16. The summed E-state index contributed by atoms with van der Waals surface area (Å²) in [5.74, 6) is 6.09. The van der Waals surface area contributed by atoms with E-state index in [1.54, 1.807) is 0 Å². The molecule has 0 unspecified atom stereocenters. The summed E-state index contributed by atoms with van der Waals surface area (Å²) < 4.78 is 0. The fraction of sp³-hybridized carbons (Fsp3) is 0.364. The number of rotatable bonds is 3. The standard InChI is InChI=1S/C11H16ClN3/c1-3-6-14-11(15-13)9-5-4-8(2)10(12)7-9/h4-5,7H,3,6,13H2,1-2H3,(H,14,15). The summed E-state index contributed by atoms with van der Waals surface area (Å²) in [5, 5.41) is 0.729. The van der Waals surface area contributed by atoms with E-state index in [9.17, 15) is 0 Å². The molecule has 1 aromatic carbocycles. The van der Waals surface area contributed by atoms with E-state index in [0.717, 1.165) is 29.1 Å². The van der Waals surface area contributed by atoms with Crippen LogP contribution in [0.25, 0.3) is 0 Å². The Morgan fingerprint density at radius 3 is 2.80 bits per heavy atom. The Labute approximate surface area is 95.3 Å². The Morgan fingerprint density at radius 1 is 1.53 bits per heavy atom. The minimum absolute atomic E-state index is 0.679. The van der Waals surface area contributed by atoms with Gasteiger partial charge in [0.05, 0.1) is 0 Å². The van der Waals surface area contributed by atoms with Crippen LogP contribution >= 0.6 is 11.6 Å². The lowest BCUT2D eigenvalue weighted by Crippen LogP contribution is -2.31. The van der Waals surface area contributed by atoms with Gasteiger partial charge in [0.25, 0.3) is 0 Å². The van der Waals surface area contributed by atoms with Crippen molar-refractivity contribution in [3.8, 4) is 0 Å². The number of halogens is 1. The first-order chi connectivity index (χ1) is 7.19. The van der Waals surface area contributed by atoms with Crippen molar-refractivity contribution in [2.45, 2.75) is 20.3 Å². The highest BCUT2D eigenvalue weighted by Gasteiger charge is 2.03. The first-order valence-electron chi connectivity index (χ1n) is 4.96. The first kappa shape index (κ1) is 12.0. The van der Waals surface area contributed by atoms with Crippen molar-refractivity contribution in [1.82, 2.24) is 5.43 Å². The number of aryl methyl sites for hydroxylation is 1. The fourth-order valence-electron chi connectivity index (χ4n) is 1.18. The van der Waals surface area contributed by atoms with Gasteiger partial charge in [-0.1, -0.05) is 30.7 Å². The molecule has 0 aliphatic heterocycles. The number of hydrogen-bond acceptors (Lipinski definition) is 2. The molecule has 0 saturated carbocycles. The molecular weight excluding hydrogens is 210 g/mol. The van der Waals surface area contributed by atoms with E-state index < -0.39 is 0 Å². The molecule has 3 N–H and O–H groups in total. The summed E-state index contributed by atoms with van der Waals surface area (Å²) in [6.07, 6.45) is 0.991. The number of amidine groups is 1. The quantitative estimate of drug-likeness (QED) is 0.359. The lowest BCUT2D eigenvalue weighted by molar-refractivity contribution is 0.907. The molecule has 15 heavy (non-hydrogen) atoms. The second kappa shape index (κ2) is 5.73. The molecule has 0 spiro atoms. The van der Waals surface area contributed by atoms with E-state index in [4.69, 9.17) is 17.4 Å². The average molecular weight is 226 g/mol. The fourth-order valence-corrected chi connectivity index (χ4v) is 1.36. The minimum Gasteiger partial charge on any atom is -0.308 e. The molecule has 0 atom stereocenters. The second-order valence-corrected chi connectivity index (χ2v) is 3.75. The summed E-state index contributed by atoms with van der Waals surface area (Å²) >= 11 is 6.03. The van der Waals surface area contributed by atoms with Gasteiger partial charge in [0, 0.05) is 17.1 Å². The summed E-state index contributed by atoms with van der Waals surface area (Å²) in [7, 11) is 0. The number of hydrazine groups is 1. The minimum atomic E-state index is 0.679. The number of nitrogens with two attached hydrogens (primary N) is 1. The van der Waals surface area contributed by atoms with Crippen LogP contribution in [0.2, 0.25) is 5.02 Å². The number of nitrogens with zero attached hydrogens (tertiary/aromatic N) is 1. The van der Waals surface area contributed by atoms with Crippen molar-refractivity contribution < 1.29 is 0 Å². The molecule has 0 aliphatic rings. The van der Waals surface area contributed by atoms with Crippen LogP contribution in [-0.2, 0) is 0 Å². The molecular formula is C11H16ClN3. The average Bonchev–Trinajstić information content (AvgIpc) is 2.24. The van der Waals surface area contributed by atoms with Crippen molar-refractivity contribution in [3.63, 3.8) is 0 Å². The van der Waals surface area contributed by atoms with Crippen LogP contribution in [0.3, 0.4) is 0 Å². The topological polar surface area (TPSA) is 50.4 Å². The van der Waals surface area contributed by atoms with Gasteiger partial charge in [-0.05, 0) is 25.0 Å². The zero-order chi connectivity index (χ0) is 11.3. The Morgan fingerprint density at radius 2 is 2.27 bits per heavy atom. The summed E-state index contributed by atoms with van der Waals surface area (Å²) in [5.41, 5.74) is 4.56. The van der Waals surface area contributed by atoms with E-state index in [2.05, 4.69) is 17.3 Å². The molecule has 82 valence electrons. The molecule has 3 nitrogen and oxygen atoms in total. The molecule has 0 fully saturated rings. The molecule has 0 heterocycles. The zero-order valence-electron chi connectivity index (χ0n) is 9.05. The monoisotopic (exact) mass is 225 g/mol.